The Kier molecular flexibility index (Phi) is 4.59. The number of hydrogen-bond acceptors (Lipinski definition) is 3. The van der Waals surface area contributed by atoms with Crippen LogP contribution in [0.3, 0.4) is 0 Å². The molecule has 0 atom stereocenters. The fourth-order valence-electron chi connectivity index (χ4n) is 1.81. The van der Waals surface area contributed by atoms with E-state index in [1.165, 1.54) is 0 Å². The molecule has 5 heteroatoms. The lowest BCUT2D eigenvalue weighted by Crippen LogP contribution is -2.17. The van der Waals surface area contributed by atoms with E-state index in [1.807, 2.05) is 19.1 Å². The maximum atomic E-state index is 6.25. The molecule has 0 amide bonds. The summed E-state index contributed by atoms with van der Waals surface area (Å²) in [6, 6.07) is 6.08. The van der Waals surface area contributed by atoms with Gasteiger partial charge < -0.3 is 5.32 Å². The van der Waals surface area contributed by atoms with Crippen molar-refractivity contribution < 1.29 is 0 Å². The molecule has 0 aliphatic carbocycles. The third-order valence-electron chi connectivity index (χ3n) is 3.18. The Morgan fingerprint density at radius 3 is 2.38 bits per heavy atom. The normalized spacial score (nSPS) is 11.6. The van der Waals surface area contributed by atoms with Crippen molar-refractivity contribution >= 4 is 39.0 Å². The summed E-state index contributed by atoms with van der Waals surface area (Å²) in [5.74, 6) is 1.48. The van der Waals surface area contributed by atoms with E-state index in [4.69, 9.17) is 11.6 Å². The zero-order valence-electron chi connectivity index (χ0n) is 12.9. The maximum Gasteiger partial charge on any atom is 0.138 e. The summed E-state index contributed by atoms with van der Waals surface area (Å²) in [6.07, 6.45) is 0. The molecule has 0 saturated carbocycles. The van der Waals surface area contributed by atoms with Gasteiger partial charge in [-0.25, -0.2) is 9.97 Å². The van der Waals surface area contributed by atoms with Crippen LogP contribution in [0.25, 0.3) is 0 Å². The van der Waals surface area contributed by atoms with Crippen LogP contribution in [-0.2, 0) is 5.41 Å². The number of benzene rings is 1. The molecule has 2 rings (SSSR count). The van der Waals surface area contributed by atoms with E-state index in [0.29, 0.717) is 5.15 Å². The second-order valence-electron chi connectivity index (χ2n) is 6.15. The van der Waals surface area contributed by atoms with Crippen molar-refractivity contribution in [2.45, 2.75) is 40.0 Å². The molecule has 112 valence electrons. The summed E-state index contributed by atoms with van der Waals surface area (Å²) >= 11 is 9.75. The van der Waals surface area contributed by atoms with Crippen molar-refractivity contribution in [3.8, 4) is 0 Å². The molecular formula is C16H19BrClN3. The van der Waals surface area contributed by atoms with Crippen LogP contribution in [0.15, 0.2) is 22.7 Å². The summed E-state index contributed by atoms with van der Waals surface area (Å²) < 4.78 is 1.08. The average Bonchev–Trinajstić information content (AvgIpc) is 2.38. The summed E-state index contributed by atoms with van der Waals surface area (Å²) in [7, 11) is 0. The highest BCUT2D eigenvalue weighted by molar-refractivity contribution is 9.10. The number of nitrogens with zero attached hydrogens (tertiary/aromatic N) is 2. The first kappa shape index (κ1) is 16.2. The Bertz CT molecular complexity index is 678. The van der Waals surface area contributed by atoms with Crippen LogP contribution in [0.5, 0.6) is 0 Å². The summed E-state index contributed by atoms with van der Waals surface area (Å²) in [6.45, 7) is 10.2. The van der Waals surface area contributed by atoms with Crippen LogP contribution in [-0.4, -0.2) is 9.97 Å². The van der Waals surface area contributed by atoms with Gasteiger partial charge in [0.1, 0.15) is 16.8 Å². The molecular weight excluding hydrogens is 350 g/mol. The first-order valence-electron chi connectivity index (χ1n) is 6.76. The molecule has 1 aromatic heterocycles. The Morgan fingerprint density at radius 2 is 1.81 bits per heavy atom. The van der Waals surface area contributed by atoms with Gasteiger partial charge in [-0.15, -0.1) is 0 Å². The van der Waals surface area contributed by atoms with E-state index in [0.717, 1.165) is 32.9 Å². The second kappa shape index (κ2) is 5.93. The predicted octanol–water partition coefficient (Wildman–Crippen LogP) is 5.55. The number of aryl methyl sites for hydroxylation is 1. The highest BCUT2D eigenvalue weighted by atomic mass is 79.9. The van der Waals surface area contributed by atoms with Crippen LogP contribution in [0.2, 0.25) is 5.15 Å². The third kappa shape index (κ3) is 3.74. The molecule has 0 aliphatic heterocycles. The largest absolute Gasteiger partial charge is 0.340 e. The molecule has 0 radical (unpaired) electrons. The van der Waals surface area contributed by atoms with E-state index in [1.54, 1.807) is 0 Å². The van der Waals surface area contributed by atoms with E-state index in [-0.39, 0.29) is 5.41 Å². The van der Waals surface area contributed by atoms with Crippen molar-refractivity contribution in [1.29, 1.82) is 0 Å². The predicted molar refractivity (Wildman–Crippen MR) is 92.6 cm³/mol. The summed E-state index contributed by atoms with van der Waals surface area (Å²) in [5, 5.41) is 3.83. The Balaban J connectivity index is 2.43. The monoisotopic (exact) mass is 367 g/mol. The smallest absolute Gasteiger partial charge is 0.138 e. The molecule has 0 aliphatic rings. The fraction of sp³-hybridized carbons (Fsp3) is 0.375. The zero-order valence-corrected chi connectivity index (χ0v) is 15.2. The fourth-order valence-corrected chi connectivity index (χ4v) is 2.22. The number of hydrogen-bond donors (Lipinski definition) is 1. The van der Waals surface area contributed by atoms with E-state index in [2.05, 4.69) is 65.0 Å². The Hall–Kier alpha value is -1.13. The minimum Gasteiger partial charge on any atom is -0.340 e. The number of rotatable bonds is 2. The summed E-state index contributed by atoms with van der Waals surface area (Å²) in [5.41, 5.74) is 2.84. The number of nitrogens with one attached hydrogen (secondary N) is 1. The average molecular weight is 369 g/mol. The molecule has 1 aromatic carbocycles. The van der Waals surface area contributed by atoms with Gasteiger partial charge in [-0.1, -0.05) is 48.3 Å². The van der Waals surface area contributed by atoms with Crippen LogP contribution < -0.4 is 5.32 Å². The standard InChI is InChI=1S/C16H19BrClN3/c1-9-8-11(6-7-12(9)17)19-14-10(2)13(18)20-15(21-14)16(3,4)5/h6-8H,1-5H3,(H,19,20,21). The van der Waals surface area contributed by atoms with Gasteiger partial charge in [-0.2, -0.15) is 0 Å². The van der Waals surface area contributed by atoms with E-state index in [9.17, 15) is 0 Å². The van der Waals surface area contributed by atoms with Crippen molar-refractivity contribution in [1.82, 2.24) is 9.97 Å². The Labute approximate surface area is 139 Å². The molecule has 0 saturated heterocycles. The topological polar surface area (TPSA) is 37.8 Å². The van der Waals surface area contributed by atoms with Crippen LogP contribution in [0, 0.1) is 13.8 Å². The Morgan fingerprint density at radius 1 is 1.14 bits per heavy atom. The van der Waals surface area contributed by atoms with Crippen LogP contribution in [0.4, 0.5) is 11.5 Å². The molecule has 0 fully saturated rings. The van der Waals surface area contributed by atoms with Gasteiger partial charge in [0.15, 0.2) is 0 Å². The zero-order chi connectivity index (χ0) is 15.8. The van der Waals surface area contributed by atoms with Crippen LogP contribution in [0.1, 0.15) is 37.7 Å². The van der Waals surface area contributed by atoms with Crippen molar-refractivity contribution in [2.75, 3.05) is 5.32 Å². The van der Waals surface area contributed by atoms with Crippen molar-refractivity contribution in [3.05, 3.63) is 44.8 Å². The van der Waals surface area contributed by atoms with Crippen molar-refractivity contribution in [2.24, 2.45) is 0 Å². The molecule has 3 nitrogen and oxygen atoms in total. The van der Waals surface area contributed by atoms with E-state index < -0.39 is 0 Å². The third-order valence-corrected chi connectivity index (χ3v) is 4.44. The minimum absolute atomic E-state index is 0.149. The SMILES string of the molecule is Cc1cc(Nc2nc(C(C)(C)C)nc(Cl)c2C)ccc1Br. The molecule has 21 heavy (non-hydrogen) atoms. The molecule has 2 aromatic rings. The number of aromatic nitrogens is 2. The van der Waals surface area contributed by atoms with Gasteiger partial charge in [-0.05, 0) is 37.6 Å². The maximum absolute atomic E-state index is 6.25. The van der Waals surface area contributed by atoms with Gasteiger partial charge in [0.25, 0.3) is 0 Å². The number of halogens is 2. The number of anilines is 2. The highest BCUT2D eigenvalue weighted by Crippen LogP contribution is 2.29. The molecule has 1 N–H and O–H groups in total. The first-order valence-corrected chi connectivity index (χ1v) is 7.93. The van der Waals surface area contributed by atoms with Gasteiger partial charge in [0.2, 0.25) is 0 Å². The van der Waals surface area contributed by atoms with E-state index >= 15 is 0 Å². The second-order valence-corrected chi connectivity index (χ2v) is 7.36. The quantitative estimate of drug-likeness (QED) is 0.706. The van der Waals surface area contributed by atoms with Gasteiger partial charge in [0, 0.05) is 21.1 Å². The summed E-state index contributed by atoms with van der Waals surface area (Å²) in [4.78, 5) is 9.02. The molecule has 0 unspecified atom stereocenters. The lowest BCUT2D eigenvalue weighted by atomic mass is 9.95. The van der Waals surface area contributed by atoms with Gasteiger partial charge in [0.05, 0.1) is 0 Å². The lowest BCUT2D eigenvalue weighted by Gasteiger charge is -2.19. The van der Waals surface area contributed by atoms with Crippen LogP contribution >= 0.6 is 27.5 Å². The van der Waals surface area contributed by atoms with Gasteiger partial charge in [-0.3, -0.25) is 0 Å². The molecule has 1 heterocycles. The van der Waals surface area contributed by atoms with Crippen molar-refractivity contribution in [3.63, 3.8) is 0 Å². The molecule has 0 bridgehead atoms. The lowest BCUT2D eigenvalue weighted by molar-refractivity contribution is 0.545. The molecule has 0 spiro atoms. The highest BCUT2D eigenvalue weighted by Gasteiger charge is 2.20. The van der Waals surface area contributed by atoms with Gasteiger partial charge >= 0.3 is 0 Å². The minimum atomic E-state index is -0.149. The first-order chi connectivity index (χ1) is 9.68.